The number of halogens is 1. The summed E-state index contributed by atoms with van der Waals surface area (Å²) in [5.41, 5.74) is 10.9. The lowest BCUT2D eigenvalue weighted by Crippen LogP contribution is -2.29. The molecule has 1 aromatic carbocycles. The molecule has 8 heteroatoms. The van der Waals surface area contributed by atoms with Crippen molar-refractivity contribution >= 4 is 17.5 Å². The number of hydrogen-bond acceptors (Lipinski definition) is 4. The first kappa shape index (κ1) is 23.4. The van der Waals surface area contributed by atoms with Crippen LogP contribution in [0.3, 0.4) is 0 Å². The minimum Gasteiger partial charge on any atom is -0.364 e. The van der Waals surface area contributed by atoms with E-state index in [4.69, 9.17) is 5.73 Å². The average molecular weight is 462 g/mol. The van der Waals surface area contributed by atoms with Crippen LogP contribution in [0.2, 0.25) is 0 Å². The van der Waals surface area contributed by atoms with Crippen LogP contribution in [0, 0.1) is 19.8 Å². The van der Waals surface area contributed by atoms with E-state index in [-0.39, 0.29) is 29.8 Å². The third-order valence-corrected chi connectivity index (χ3v) is 6.41. The molecule has 1 aliphatic carbocycles. The summed E-state index contributed by atoms with van der Waals surface area (Å²) in [6, 6.07) is 11.1. The van der Waals surface area contributed by atoms with Crippen molar-refractivity contribution in [1.29, 1.82) is 0 Å². The van der Waals surface area contributed by atoms with Crippen LogP contribution >= 0.6 is 0 Å². The molecule has 2 heterocycles. The summed E-state index contributed by atoms with van der Waals surface area (Å²) in [4.78, 5) is 29.6. The highest BCUT2D eigenvalue weighted by Gasteiger charge is 2.34. The van der Waals surface area contributed by atoms with Crippen molar-refractivity contribution in [3.63, 3.8) is 0 Å². The molecule has 1 aliphatic rings. The molecular formula is C26H28FN5O2. The second kappa shape index (κ2) is 9.59. The molecule has 0 bridgehead atoms. The maximum Gasteiger partial charge on any atom is 0.266 e. The SMILES string of the molecule is Cc1ccnc(C)c1-c1ccc(NC(=O)[C@H](c2cc(C(N)=O)n(C)n2)[C@H]2CC=C(F)CC2)cc1. The van der Waals surface area contributed by atoms with Crippen molar-refractivity contribution in [2.24, 2.45) is 18.7 Å². The first-order valence-corrected chi connectivity index (χ1v) is 11.3. The third kappa shape index (κ3) is 4.76. The van der Waals surface area contributed by atoms with Crippen molar-refractivity contribution in [2.45, 2.75) is 39.0 Å². The summed E-state index contributed by atoms with van der Waals surface area (Å²) in [6.07, 6.45) is 4.53. The van der Waals surface area contributed by atoms with E-state index in [1.54, 1.807) is 19.3 Å². The van der Waals surface area contributed by atoms with Crippen LogP contribution in [0.1, 0.15) is 52.6 Å². The fraction of sp³-hybridized carbons (Fsp3) is 0.308. The number of pyridine rings is 1. The molecule has 2 amide bonds. The number of carbonyl (C=O) groups is 2. The number of nitrogens with two attached hydrogens (primary N) is 1. The predicted molar refractivity (Wildman–Crippen MR) is 129 cm³/mol. The van der Waals surface area contributed by atoms with Gasteiger partial charge in [0.15, 0.2) is 0 Å². The van der Waals surface area contributed by atoms with Crippen LogP contribution < -0.4 is 11.1 Å². The normalized spacial score (nSPS) is 16.6. The van der Waals surface area contributed by atoms with Crippen LogP contribution in [0.4, 0.5) is 10.1 Å². The molecule has 34 heavy (non-hydrogen) atoms. The zero-order valence-corrected chi connectivity index (χ0v) is 19.5. The number of aromatic nitrogens is 3. The summed E-state index contributed by atoms with van der Waals surface area (Å²) in [7, 11) is 1.61. The molecule has 0 spiro atoms. The van der Waals surface area contributed by atoms with Gasteiger partial charge in [-0.15, -0.1) is 0 Å². The lowest BCUT2D eigenvalue weighted by Gasteiger charge is -2.26. The van der Waals surface area contributed by atoms with Gasteiger partial charge >= 0.3 is 0 Å². The molecule has 0 saturated carbocycles. The monoisotopic (exact) mass is 461 g/mol. The summed E-state index contributed by atoms with van der Waals surface area (Å²) in [5.74, 6) is -1.82. The second-order valence-corrected chi connectivity index (χ2v) is 8.76. The highest BCUT2D eigenvalue weighted by atomic mass is 19.1. The second-order valence-electron chi connectivity index (χ2n) is 8.76. The summed E-state index contributed by atoms with van der Waals surface area (Å²) in [6.45, 7) is 4.01. The van der Waals surface area contributed by atoms with E-state index in [0.717, 1.165) is 22.4 Å². The molecular weight excluding hydrogens is 433 g/mol. The zero-order chi connectivity index (χ0) is 24.4. The lowest BCUT2D eigenvalue weighted by molar-refractivity contribution is -0.119. The molecule has 0 aliphatic heterocycles. The molecule has 2 atom stereocenters. The van der Waals surface area contributed by atoms with Crippen molar-refractivity contribution in [2.75, 3.05) is 5.32 Å². The Morgan fingerprint density at radius 2 is 1.94 bits per heavy atom. The van der Waals surface area contributed by atoms with E-state index in [1.807, 2.05) is 44.2 Å². The zero-order valence-electron chi connectivity index (χ0n) is 19.5. The smallest absolute Gasteiger partial charge is 0.266 e. The standard InChI is InChI=1S/C26H28FN5O2/c1-15-12-13-29-16(2)23(15)17-6-10-20(11-7-17)30-26(34)24(18-4-8-19(27)9-5-18)21-14-22(25(28)33)32(3)31-21/h6-8,10-14,18,24H,4-5,9H2,1-3H3,(H2,28,33)(H,30,34)/t18-,24-/m0/s1. The molecule has 3 N–H and O–H groups in total. The van der Waals surface area contributed by atoms with Crippen molar-refractivity contribution in [1.82, 2.24) is 14.8 Å². The molecule has 0 radical (unpaired) electrons. The molecule has 3 aromatic rings. The Morgan fingerprint density at radius 1 is 1.21 bits per heavy atom. The van der Waals surface area contributed by atoms with Crippen molar-refractivity contribution in [3.05, 3.63) is 77.1 Å². The molecule has 2 aromatic heterocycles. The molecule has 0 fully saturated rings. The number of nitrogens with one attached hydrogen (secondary N) is 1. The Balaban J connectivity index is 1.61. The number of anilines is 1. The van der Waals surface area contributed by atoms with Gasteiger partial charge in [-0.3, -0.25) is 19.3 Å². The van der Waals surface area contributed by atoms with E-state index in [2.05, 4.69) is 15.4 Å². The number of amides is 2. The molecule has 4 rings (SSSR count). The Bertz CT molecular complexity index is 1240. The quantitative estimate of drug-likeness (QED) is 0.561. The fourth-order valence-corrected chi connectivity index (χ4v) is 4.66. The van der Waals surface area contributed by atoms with Crippen LogP contribution in [0.5, 0.6) is 0 Å². The van der Waals surface area contributed by atoms with Crippen molar-refractivity contribution < 1.29 is 14.0 Å². The first-order valence-electron chi connectivity index (χ1n) is 11.3. The Labute approximate surface area is 197 Å². The van der Waals surface area contributed by atoms with Crippen LogP contribution in [-0.2, 0) is 11.8 Å². The van der Waals surface area contributed by atoms with Gasteiger partial charge in [0.25, 0.3) is 5.91 Å². The Kier molecular flexibility index (Phi) is 6.58. The van der Waals surface area contributed by atoms with E-state index < -0.39 is 11.8 Å². The summed E-state index contributed by atoms with van der Waals surface area (Å²) < 4.78 is 15.0. The average Bonchev–Trinajstić information content (AvgIpc) is 3.17. The number of aryl methyl sites for hydroxylation is 3. The van der Waals surface area contributed by atoms with Gasteiger partial charge in [-0.05, 0) is 74.4 Å². The molecule has 7 nitrogen and oxygen atoms in total. The van der Waals surface area contributed by atoms with Gasteiger partial charge in [0, 0.05) is 30.2 Å². The number of hydrogen-bond donors (Lipinski definition) is 2. The van der Waals surface area contributed by atoms with Gasteiger partial charge < -0.3 is 11.1 Å². The summed E-state index contributed by atoms with van der Waals surface area (Å²) in [5, 5.41) is 7.38. The fourth-order valence-electron chi connectivity index (χ4n) is 4.66. The number of rotatable bonds is 6. The molecule has 0 unspecified atom stereocenters. The highest BCUT2D eigenvalue weighted by Crippen LogP contribution is 2.37. The van der Waals surface area contributed by atoms with Crippen molar-refractivity contribution in [3.8, 4) is 11.1 Å². The van der Waals surface area contributed by atoms with Gasteiger partial charge in [-0.1, -0.05) is 18.2 Å². The van der Waals surface area contributed by atoms with Gasteiger partial charge in [0.2, 0.25) is 5.91 Å². The first-order chi connectivity index (χ1) is 16.2. The lowest BCUT2D eigenvalue weighted by atomic mass is 9.80. The van der Waals surface area contributed by atoms with Gasteiger partial charge in [0.05, 0.1) is 17.4 Å². The number of allylic oxidation sites excluding steroid dienone is 2. The maximum atomic E-state index is 13.7. The van der Waals surface area contributed by atoms with E-state index in [0.29, 0.717) is 24.2 Å². The van der Waals surface area contributed by atoms with Crippen LogP contribution in [0.25, 0.3) is 11.1 Å². The van der Waals surface area contributed by atoms with E-state index in [1.165, 1.54) is 10.8 Å². The number of primary amides is 1. The summed E-state index contributed by atoms with van der Waals surface area (Å²) >= 11 is 0. The molecule has 0 saturated heterocycles. The topological polar surface area (TPSA) is 103 Å². The Morgan fingerprint density at radius 3 is 2.53 bits per heavy atom. The molecule has 176 valence electrons. The van der Waals surface area contributed by atoms with Gasteiger partial charge in [-0.25, -0.2) is 4.39 Å². The van der Waals surface area contributed by atoms with Crippen LogP contribution in [-0.4, -0.2) is 26.6 Å². The minimum atomic E-state index is -0.647. The van der Waals surface area contributed by atoms with Gasteiger partial charge in [0.1, 0.15) is 5.69 Å². The number of carbonyl (C=O) groups excluding carboxylic acids is 2. The van der Waals surface area contributed by atoms with Gasteiger partial charge in [-0.2, -0.15) is 5.10 Å². The Hall–Kier alpha value is -3.81. The van der Waals surface area contributed by atoms with Crippen LogP contribution in [0.15, 0.2) is 54.5 Å². The largest absolute Gasteiger partial charge is 0.364 e. The number of nitrogens with zero attached hydrogens (tertiary/aromatic N) is 3. The minimum absolute atomic E-state index is 0.143. The maximum absolute atomic E-state index is 13.7. The van der Waals surface area contributed by atoms with E-state index >= 15 is 0 Å². The third-order valence-electron chi connectivity index (χ3n) is 6.41. The predicted octanol–water partition coefficient (Wildman–Crippen LogP) is 4.57. The van der Waals surface area contributed by atoms with E-state index in [9.17, 15) is 14.0 Å². The number of benzene rings is 1. The highest BCUT2D eigenvalue weighted by molar-refractivity contribution is 5.97.